The van der Waals surface area contributed by atoms with Crippen LogP contribution in [0.5, 0.6) is 11.5 Å². The van der Waals surface area contributed by atoms with Crippen LogP contribution in [0.1, 0.15) is 38.7 Å². The van der Waals surface area contributed by atoms with E-state index < -0.39 is 39.8 Å². The average molecular weight is 634 g/mol. The number of nitrogens with one attached hydrogen (secondary N) is 1. The Kier molecular flexibility index (Phi) is 10.3. The van der Waals surface area contributed by atoms with Gasteiger partial charge in [0.15, 0.2) is 17.8 Å². The minimum atomic E-state index is -4.11. The van der Waals surface area contributed by atoms with E-state index in [4.69, 9.17) is 29.4 Å². The number of hydrogen-bond donors (Lipinski definition) is 3. The minimum Gasteiger partial charge on any atom is -0.454 e. The molecule has 0 saturated carbocycles. The third-order valence-corrected chi connectivity index (χ3v) is 10.2. The molecule has 2 aromatic rings. The first kappa shape index (κ1) is 32.5. The summed E-state index contributed by atoms with van der Waals surface area (Å²) in [4.78, 5) is 13.2. The molecule has 13 heteroatoms. The first-order valence-electron chi connectivity index (χ1n) is 15.1. The molecule has 3 aliphatic rings. The summed E-state index contributed by atoms with van der Waals surface area (Å²) in [5.41, 5.74) is 6.17. The highest BCUT2D eigenvalue weighted by Gasteiger charge is 2.44. The van der Waals surface area contributed by atoms with Gasteiger partial charge in [-0.3, -0.25) is 0 Å². The first-order valence-corrected chi connectivity index (χ1v) is 16.5. The Morgan fingerprint density at radius 3 is 2.70 bits per heavy atom. The molecule has 2 saturated heterocycles. The second-order valence-corrected chi connectivity index (χ2v) is 14.3. The highest BCUT2D eigenvalue weighted by atomic mass is 32.2. The lowest BCUT2D eigenvalue weighted by atomic mass is 9.87. The molecule has 0 spiro atoms. The number of aliphatic hydroxyl groups excluding tert-OH is 1. The molecule has 0 bridgehead atoms. The summed E-state index contributed by atoms with van der Waals surface area (Å²) in [6.07, 6.45) is -0.457. The van der Waals surface area contributed by atoms with Gasteiger partial charge in [-0.2, -0.15) is 4.31 Å². The molecule has 0 aliphatic carbocycles. The van der Waals surface area contributed by atoms with Gasteiger partial charge in [0, 0.05) is 19.2 Å². The monoisotopic (exact) mass is 633 g/mol. The highest BCUT2D eigenvalue weighted by Crippen LogP contribution is 2.36. The Labute approximate surface area is 258 Å². The summed E-state index contributed by atoms with van der Waals surface area (Å²) >= 11 is 0. The van der Waals surface area contributed by atoms with Crippen LogP contribution in [-0.2, 0) is 30.7 Å². The van der Waals surface area contributed by atoms with Gasteiger partial charge in [-0.1, -0.05) is 44.2 Å². The summed E-state index contributed by atoms with van der Waals surface area (Å²) < 4.78 is 57.1. The van der Waals surface area contributed by atoms with E-state index in [0.29, 0.717) is 31.1 Å². The van der Waals surface area contributed by atoms with Crippen LogP contribution in [0.15, 0.2) is 53.4 Å². The van der Waals surface area contributed by atoms with Gasteiger partial charge in [0.05, 0.1) is 36.2 Å². The fraction of sp³-hybridized carbons (Fsp3) is 0.581. The lowest BCUT2D eigenvalue weighted by molar-refractivity contribution is -0.0907. The number of carbonyl (C=O) groups is 1. The summed E-state index contributed by atoms with van der Waals surface area (Å²) in [5, 5.41) is 14.5. The number of nitrogens with two attached hydrogens (primary N) is 1. The molecule has 3 unspecified atom stereocenters. The number of alkyl carbamates (subject to hydrolysis) is 1. The van der Waals surface area contributed by atoms with Crippen LogP contribution in [0, 0.1) is 11.3 Å². The predicted octanol–water partition coefficient (Wildman–Crippen LogP) is 2.63. The van der Waals surface area contributed by atoms with Crippen molar-refractivity contribution in [3.05, 3.63) is 54.1 Å². The zero-order valence-electron chi connectivity index (χ0n) is 25.2. The van der Waals surface area contributed by atoms with Crippen LogP contribution in [0.2, 0.25) is 0 Å². The molecule has 242 valence electrons. The number of amides is 1. The van der Waals surface area contributed by atoms with E-state index in [2.05, 4.69) is 5.32 Å². The standard InChI is InChI=1S/C31H43N3O9S/c1-31(2,12-6-13-32)19-34(44(37,38)22-9-10-26-27(16-22)42-20-41-26)17-25(35)24(15-21-7-4-3-5-8-21)33-30(36)43-28-18-40-29-23(28)11-14-39-29/h3-5,7-10,16,23-25,28-29,35H,6,11-15,17-20,32H2,1-2H3,(H,33,36)/t23?,24-,25+,28?,29?/m0/s1. The molecule has 5 rings (SSSR count). The van der Waals surface area contributed by atoms with Crippen molar-refractivity contribution in [2.45, 2.75) is 69.0 Å². The smallest absolute Gasteiger partial charge is 0.407 e. The van der Waals surface area contributed by atoms with Gasteiger partial charge in [0.25, 0.3) is 0 Å². The third kappa shape index (κ3) is 7.82. The van der Waals surface area contributed by atoms with Crippen molar-refractivity contribution in [2.75, 3.05) is 39.6 Å². The van der Waals surface area contributed by atoms with E-state index in [9.17, 15) is 18.3 Å². The molecular formula is C31H43N3O9S. The highest BCUT2D eigenvalue weighted by molar-refractivity contribution is 7.89. The zero-order chi connectivity index (χ0) is 31.3. The number of hydrogen-bond acceptors (Lipinski definition) is 10. The Hall–Kier alpha value is -2.94. The van der Waals surface area contributed by atoms with Crippen molar-refractivity contribution in [1.82, 2.24) is 9.62 Å². The summed E-state index contributed by atoms with van der Waals surface area (Å²) in [6.45, 7) is 5.05. The molecular weight excluding hydrogens is 590 g/mol. The summed E-state index contributed by atoms with van der Waals surface area (Å²) in [6, 6.07) is 13.0. The van der Waals surface area contributed by atoms with Crippen LogP contribution in [0.25, 0.3) is 0 Å². The molecule has 3 heterocycles. The predicted molar refractivity (Wildman–Crippen MR) is 161 cm³/mol. The second kappa shape index (κ2) is 14.0. The maximum atomic E-state index is 14.1. The van der Waals surface area contributed by atoms with Gasteiger partial charge < -0.3 is 39.8 Å². The number of carbonyl (C=O) groups excluding carboxylic acids is 1. The fourth-order valence-electron chi connectivity index (χ4n) is 5.93. The Morgan fingerprint density at radius 2 is 1.93 bits per heavy atom. The number of fused-ring (bicyclic) bond motifs is 2. The third-order valence-electron chi connectivity index (χ3n) is 8.34. The number of sulfonamides is 1. The normalized spacial score (nSPS) is 22.5. The summed E-state index contributed by atoms with van der Waals surface area (Å²) in [5.74, 6) is 0.759. The molecule has 4 N–H and O–H groups in total. The van der Waals surface area contributed by atoms with Gasteiger partial charge in [-0.25, -0.2) is 13.2 Å². The van der Waals surface area contributed by atoms with Gasteiger partial charge >= 0.3 is 6.09 Å². The van der Waals surface area contributed by atoms with Gasteiger partial charge in [0.2, 0.25) is 16.8 Å². The topological polar surface area (TPSA) is 159 Å². The lowest BCUT2D eigenvalue weighted by Crippen LogP contribution is -2.52. The van der Waals surface area contributed by atoms with E-state index in [1.807, 2.05) is 44.2 Å². The zero-order valence-corrected chi connectivity index (χ0v) is 26.0. The maximum absolute atomic E-state index is 14.1. The summed E-state index contributed by atoms with van der Waals surface area (Å²) in [7, 11) is -4.11. The number of ether oxygens (including phenoxy) is 5. The quantitative estimate of drug-likeness (QED) is 0.282. The van der Waals surface area contributed by atoms with Crippen LogP contribution in [0.4, 0.5) is 4.79 Å². The molecule has 44 heavy (non-hydrogen) atoms. The molecule has 12 nitrogen and oxygen atoms in total. The molecule has 1 amide bonds. The van der Waals surface area contributed by atoms with Gasteiger partial charge in [-0.15, -0.1) is 0 Å². The van der Waals surface area contributed by atoms with Crippen LogP contribution in [0.3, 0.4) is 0 Å². The fourth-order valence-corrected chi connectivity index (χ4v) is 7.59. The van der Waals surface area contributed by atoms with Crippen molar-refractivity contribution < 1.29 is 42.0 Å². The van der Waals surface area contributed by atoms with E-state index in [-0.39, 0.29) is 50.0 Å². The molecule has 5 atom stereocenters. The Balaban J connectivity index is 1.37. The number of benzene rings is 2. The van der Waals surface area contributed by atoms with E-state index in [1.165, 1.54) is 16.4 Å². The van der Waals surface area contributed by atoms with Crippen LogP contribution in [-0.4, -0.2) is 88.1 Å². The second-order valence-electron chi connectivity index (χ2n) is 12.3. The van der Waals surface area contributed by atoms with Crippen molar-refractivity contribution in [2.24, 2.45) is 17.1 Å². The molecule has 0 aromatic heterocycles. The minimum absolute atomic E-state index is 0.0116. The Bertz CT molecular complexity index is 1370. The SMILES string of the molecule is CC(C)(CCCN)CN(C[C@@H](O)[C@H](Cc1ccccc1)NC(=O)OC1COC2OCCC12)S(=O)(=O)c1ccc2c(c1)OCO2. The molecule has 2 fully saturated rings. The van der Waals surface area contributed by atoms with Crippen molar-refractivity contribution in [1.29, 1.82) is 0 Å². The number of rotatable bonds is 14. The van der Waals surface area contributed by atoms with Crippen molar-refractivity contribution in [3.8, 4) is 11.5 Å². The van der Waals surface area contributed by atoms with Crippen LogP contribution < -0.4 is 20.5 Å². The number of nitrogens with zero attached hydrogens (tertiary/aromatic N) is 1. The first-order chi connectivity index (χ1) is 21.1. The van der Waals surface area contributed by atoms with Crippen molar-refractivity contribution >= 4 is 16.1 Å². The van der Waals surface area contributed by atoms with E-state index >= 15 is 0 Å². The lowest BCUT2D eigenvalue weighted by Gasteiger charge is -2.35. The largest absolute Gasteiger partial charge is 0.454 e. The average Bonchev–Trinajstić information content (AvgIpc) is 3.74. The van der Waals surface area contributed by atoms with Crippen molar-refractivity contribution in [3.63, 3.8) is 0 Å². The molecule has 2 aromatic carbocycles. The van der Waals surface area contributed by atoms with Crippen LogP contribution >= 0.6 is 0 Å². The Morgan fingerprint density at radius 1 is 1.16 bits per heavy atom. The van der Waals surface area contributed by atoms with E-state index in [0.717, 1.165) is 18.4 Å². The molecule has 0 radical (unpaired) electrons. The number of aliphatic hydroxyl groups is 1. The van der Waals surface area contributed by atoms with Gasteiger partial charge in [0.1, 0.15) is 6.10 Å². The van der Waals surface area contributed by atoms with E-state index in [1.54, 1.807) is 6.07 Å². The maximum Gasteiger partial charge on any atom is 0.407 e. The van der Waals surface area contributed by atoms with Gasteiger partial charge in [-0.05, 0) is 55.3 Å². The molecule has 3 aliphatic heterocycles.